The Kier molecular flexibility index (Phi) is 5.45. The maximum absolute atomic E-state index is 12.0. The molecule has 0 fully saturated rings. The largest absolute Gasteiger partial charge is 0.495 e. The van der Waals surface area contributed by atoms with Crippen LogP contribution in [-0.4, -0.2) is 56.1 Å². The molecule has 1 aromatic carbocycles. The lowest BCUT2D eigenvalue weighted by molar-refractivity contribution is 0.0696. The highest BCUT2D eigenvalue weighted by Crippen LogP contribution is 2.24. The van der Waals surface area contributed by atoms with Gasteiger partial charge in [-0.05, 0) is 18.2 Å². The summed E-state index contributed by atoms with van der Waals surface area (Å²) in [7, 11) is -2.83. The number of hydrogen-bond acceptors (Lipinski definition) is 6. The minimum Gasteiger partial charge on any atom is -0.495 e. The van der Waals surface area contributed by atoms with Gasteiger partial charge in [-0.1, -0.05) is 0 Å². The zero-order valence-corrected chi connectivity index (χ0v) is 11.4. The predicted octanol–water partition coefficient (Wildman–Crippen LogP) is -0.975. The van der Waals surface area contributed by atoms with Gasteiger partial charge in [0.1, 0.15) is 10.6 Å². The number of aliphatic hydroxyl groups excluding tert-OH is 2. The van der Waals surface area contributed by atoms with Crippen molar-refractivity contribution in [1.82, 2.24) is 4.72 Å². The first-order valence-corrected chi connectivity index (χ1v) is 7.00. The van der Waals surface area contributed by atoms with Crippen LogP contribution in [0.15, 0.2) is 23.1 Å². The number of aromatic carboxylic acids is 1. The molecule has 0 aromatic heterocycles. The summed E-state index contributed by atoms with van der Waals surface area (Å²) in [4.78, 5) is 10.5. The van der Waals surface area contributed by atoms with Gasteiger partial charge < -0.3 is 20.1 Å². The van der Waals surface area contributed by atoms with Crippen molar-refractivity contribution in [3.63, 3.8) is 0 Å². The standard InChI is InChI=1S/C11H15NO7S/c1-19-9-3-2-7(11(15)16)4-10(9)20(17,18)12-5-8(14)6-13/h2-4,8,12-14H,5-6H2,1H3,(H,15,16). The second-order valence-electron chi connectivity index (χ2n) is 3.86. The van der Waals surface area contributed by atoms with Crippen molar-refractivity contribution in [2.24, 2.45) is 0 Å². The molecule has 0 heterocycles. The number of sulfonamides is 1. The van der Waals surface area contributed by atoms with E-state index >= 15 is 0 Å². The summed E-state index contributed by atoms with van der Waals surface area (Å²) in [5.41, 5.74) is -0.214. The number of benzene rings is 1. The molecular formula is C11H15NO7S. The molecule has 8 nitrogen and oxygen atoms in total. The molecule has 0 saturated carbocycles. The summed E-state index contributed by atoms with van der Waals surface area (Å²) in [5.74, 6) is -1.31. The van der Waals surface area contributed by atoms with Crippen LogP contribution in [0, 0.1) is 0 Å². The molecule has 1 atom stereocenters. The fourth-order valence-electron chi connectivity index (χ4n) is 1.37. The van der Waals surface area contributed by atoms with Crippen molar-refractivity contribution in [2.75, 3.05) is 20.3 Å². The molecule has 1 unspecified atom stereocenters. The van der Waals surface area contributed by atoms with Crippen molar-refractivity contribution >= 4 is 16.0 Å². The lowest BCUT2D eigenvalue weighted by atomic mass is 10.2. The van der Waals surface area contributed by atoms with Gasteiger partial charge in [-0.3, -0.25) is 0 Å². The van der Waals surface area contributed by atoms with Crippen molar-refractivity contribution in [1.29, 1.82) is 0 Å². The average molecular weight is 305 g/mol. The fraction of sp³-hybridized carbons (Fsp3) is 0.364. The van der Waals surface area contributed by atoms with E-state index in [0.717, 1.165) is 6.07 Å². The van der Waals surface area contributed by atoms with Crippen LogP contribution in [0.4, 0.5) is 0 Å². The molecule has 0 spiro atoms. The van der Waals surface area contributed by atoms with Crippen LogP contribution >= 0.6 is 0 Å². The first kappa shape index (κ1) is 16.4. The van der Waals surface area contributed by atoms with E-state index in [0.29, 0.717) is 0 Å². The van der Waals surface area contributed by atoms with Crippen LogP contribution in [0.25, 0.3) is 0 Å². The zero-order valence-electron chi connectivity index (χ0n) is 10.6. The fourth-order valence-corrected chi connectivity index (χ4v) is 2.63. The Balaban J connectivity index is 3.14. The van der Waals surface area contributed by atoms with Crippen LogP contribution in [0.2, 0.25) is 0 Å². The second-order valence-corrected chi connectivity index (χ2v) is 5.59. The van der Waals surface area contributed by atoms with E-state index in [-0.39, 0.29) is 16.2 Å². The topological polar surface area (TPSA) is 133 Å². The van der Waals surface area contributed by atoms with Gasteiger partial charge in [-0.25, -0.2) is 17.9 Å². The highest BCUT2D eigenvalue weighted by Gasteiger charge is 2.22. The molecule has 20 heavy (non-hydrogen) atoms. The summed E-state index contributed by atoms with van der Waals surface area (Å²) in [6.07, 6.45) is -1.25. The maximum atomic E-state index is 12.0. The van der Waals surface area contributed by atoms with Crippen molar-refractivity contribution in [2.45, 2.75) is 11.0 Å². The number of rotatable bonds is 7. The third kappa shape index (κ3) is 3.90. The number of methoxy groups -OCH3 is 1. The number of aliphatic hydroxyl groups is 2. The number of hydrogen-bond donors (Lipinski definition) is 4. The minimum atomic E-state index is -4.07. The number of carbonyl (C=O) groups is 1. The summed E-state index contributed by atoms with van der Waals surface area (Å²) in [6.45, 7) is -1.01. The Labute approximate surface area is 115 Å². The monoisotopic (exact) mass is 305 g/mol. The van der Waals surface area contributed by atoms with Gasteiger partial charge >= 0.3 is 5.97 Å². The zero-order chi connectivity index (χ0) is 15.3. The van der Waals surface area contributed by atoms with E-state index in [9.17, 15) is 13.2 Å². The molecule has 0 aliphatic carbocycles. The Morgan fingerprint density at radius 1 is 1.45 bits per heavy atom. The molecule has 9 heteroatoms. The molecule has 0 amide bonds. The number of ether oxygens (including phenoxy) is 1. The third-order valence-electron chi connectivity index (χ3n) is 2.42. The van der Waals surface area contributed by atoms with Gasteiger partial charge in [0.15, 0.2) is 0 Å². The molecule has 0 saturated heterocycles. The van der Waals surface area contributed by atoms with Crippen molar-refractivity contribution < 1.29 is 33.3 Å². The summed E-state index contributed by atoms with van der Waals surface area (Å²) in [6, 6.07) is 3.39. The quantitative estimate of drug-likeness (QED) is 0.509. The normalized spacial score (nSPS) is 12.9. The number of carboxylic acid groups (broad SMARTS) is 1. The van der Waals surface area contributed by atoms with Crippen LogP contribution in [0.1, 0.15) is 10.4 Å². The van der Waals surface area contributed by atoms with E-state index in [1.165, 1.54) is 19.2 Å². The van der Waals surface area contributed by atoms with E-state index in [2.05, 4.69) is 4.72 Å². The summed E-state index contributed by atoms with van der Waals surface area (Å²) < 4.78 is 31.0. The molecular weight excluding hydrogens is 290 g/mol. The molecule has 4 N–H and O–H groups in total. The molecule has 1 rings (SSSR count). The Bertz CT molecular complexity index is 584. The second kappa shape index (κ2) is 6.66. The Morgan fingerprint density at radius 3 is 2.60 bits per heavy atom. The number of nitrogens with one attached hydrogen (secondary N) is 1. The smallest absolute Gasteiger partial charge is 0.335 e. The SMILES string of the molecule is COc1ccc(C(=O)O)cc1S(=O)(=O)NCC(O)CO. The van der Waals surface area contributed by atoms with Crippen LogP contribution in [-0.2, 0) is 10.0 Å². The minimum absolute atomic E-state index is 0.0269. The van der Waals surface area contributed by atoms with E-state index in [4.69, 9.17) is 20.1 Å². The summed E-state index contributed by atoms with van der Waals surface area (Å²) in [5, 5.41) is 26.6. The van der Waals surface area contributed by atoms with E-state index in [1.54, 1.807) is 0 Å². The van der Waals surface area contributed by atoms with Gasteiger partial charge in [-0.15, -0.1) is 0 Å². The highest BCUT2D eigenvalue weighted by molar-refractivity contribution is 7.89. The van der Waals surface area contributed by atoms with Gasteiger partial charge in [0.2, 0.25) is 10.0 Å². The first-order valence-electron chi connectivity index (χ1n) is 5.51. The average Bonchev–Trinajstić information content (AvgIpc) is 2.43. The molecule has 112 valence electrons. The summed E-state index contributed by atoms with van der Waals surface area (Å²) >= 11 is 0. The van der Waals surface area contributed by atoms with Gasteiger partial charge in [0.05, 0.1) is 25.4 Å². The first-order chi connectivity index (χ1) is 9.31. The maximum Gasteiger partial charge on any atom is 0.335 e. The van der Waals surface area contributed by atoms with Gasteiger partial charge in [0, 0.05) is 6.54 Å². The molecule has 0 aliphatic heterocycles. The lowest BCUT2D eigenvalue weighted by Gasteiger charge is -2.13. The third-order valence-corrected chi connectivity index (χ3v) is 3.86. The number of carboxylic acids is 1. The van der Waals surface area contributed by atoms with Crippen LogP contribution < -0.4 is 9.46 Å². The van der Waals surface area contributed by atoms with E-state index in [1.807, 2.05) is 0 Å². The van der Waals surface area contributed by atoms with Gasteiger partial charge in [-0.2, -0.15) is 0 Å². The van der Waals surface area contributed by atoms with Crippen molar-refractivity contribution in [3.8, 4) is 5.75 Å². The molecule has 0 bridgehead atoms. The highest BCUT2D eigenvalue weighted by atomic mass is 32.2. The Hall–Kier alpha value is -1.68. The molecule has 0 radical (unpaired) electrons. The van der Waals surface area contributed by atoms with E-state index < -0.39 is 35.2 Å². The van der Waals surface area contributed by atoms with Crippen molar-refractivity contribution in [3.05, 3.63) is 23.8 Å². The Morgan fingerprint density at radius 2 is 2.10 bits per heavy atom. The van der Waals surface area contributed by atoms with Gasteiger partial charge in [0.25, 0.3) is 0 Å². The molecule has 1 aromatic rings. The van der Waals surface area contributed by atoms with Crippen LogP contribution in [0.5, 0.6) is 5.75 Å². The predicted molar refractivity (Wildman–Crippen MR) is 68.2 cm³/mol. The van der Waals surface area contributed by atoms with Crippen LogP contribution in [0.3, 0.4) is 0 Å². The lowest BCUT2D eigenvalue weighted by Crippen LogP contribution is -2.34. The molecule has 0 aliphatic rings.